The average Bonchev–Trinajstić information content (AvgIpc) is 3.03. The minimum atomic E-state index is -4.59. The standard InChI is InChI=1S/C19H14ClF3N4O3S/c20-12-6-5-11(19(21,22)23)7-13(12)25-16(29)8-15-17(30)26-18(31-15)27-24-9-10-3-1-2-4-14(10)28/h1-7,9,15,28H,8H2,(H,25,29)(H,26,27,30)/t15-/m1/s1. The Morgan fingerprint density at radius 1 is 1.29 bits per heavy atom. The van der Waals surface area contributed by atoms with Crippen LogP contribution in [-0.2, 0) is 15.8 Å². The van der Waals surface area contributed by atoms with Crippen molar-refractivity contribution in [2.75, 3.05) is 5.32 Å². The van der Waals surface area contributed by atoms with Crippen LogP contribution in [0.2, 0.25) is 5.02 Å². The van der Waals surface area contributed by atoms with Crippen molar-refractivity contribution < 1.29 is 27.9 Å². The first-order valence-corrected chi connectivity index (χ1v) is 9.92. The third-order valence-corrected chi connectivity index (χ3v) is 5.40. The van der Waals surface area contributed by atoms with Gasteiger partial charge in [-0.05, 0) is 30.3 Å². The summed E-state index contributed by atoms with van der Waals surface area (Å²) in [6.45, 7) is 0. The summed E-state index contributed by atoms with van der Waals surface area (Å²) < 4.78 is 38.5. The molecular formula is C19H14ClF3N4O3S. The number of amides is 2. The third kappa shape index (κ3) is 5.98. The van der Waals surface area contributed by atoms with Gasteiger partial charge in [0, 0.05) is 12.0 Å². The number of anilines is 1. The summed E-state index contributed by atoms with van der Waals surface area (Å²) in [4.78, 5) is 24.3. The summed E-state index contributed by atoms with van der Waals surface area (Å²) in [6.07, 6.45) is -3.61. The highest BCUT2D eigenvalue weighted by molar-refractivity contribution is 8.15. The molecule has 0 spiro atoms. The Hall–Kier alpha value is -3.05. The summed E-state index contributed by atoms with van der Waals surface area (Å²) in [5.74, 6) is -1.17. The van der Waals surface area contributed by atoms with Crippen molar-refractivity contribution in [2.45, 2.75) is 17.8 Å². The van der Waals surface area contributed by atoms with Crippen LogP contribution in [0.15, 0.2) is 52.7 Å². The van der Waals surface area contributed by atoms with Gasteiger partial charge in [0.15, 0.2) is 5.17 Å². The molecular weight excluding hydrogens is 457 g/mol. The van der Waals surface area contributed by atoms with Gasteiger partial charge >= 0.3 is 6.18 Å². The Morgan fingerprint density at radius 3 is 2.74 bits per heavy atom. The van der Waals surface area contributed by atoms with Gasteiger partial charge in [-0.1, -0.05) is 35.5 Å². The molecule has 1 aliphatic rings. The lowest BCUT2D eigenvalue weighted by molar-refractivity contribution is -0.137. The van der Waals surface area contributed by atoms with Crippen LogP contribution in [0.25, 0.3) is 0 Å². The first kappa shape index (κ1) is 22.6. The Balaban J connectivity index is 1.61. The number of rotatable bonds is 5. The summed E-state index contributed by atoms with van der Waals surface area (Å²) in [5.41, 5.74) is -0.738. The highest BCUT2D eigenvalue weighted by Gasteiger charge is 2.33. The van der Waals surface area contributed by atoms with Crippen molar-refractivity contribution in [3.05, 3.63) is 58.6 Å². The van der Waals surface area contributed by atoms with Gasteiger partial charge in [0.05, 0.1) is 22.5 Å². The fourth-order valence-electron chi connectivity index (χ4n) is 2.49. The maximum Gasteiger partial charge on any atom is 0.416 e. The molecule has 1 aliphatic heterocycles. The summed E-state index contributed by atoms with van der Waals surface area (Å²) >= 11 is 6.81. The van der Waals surface area contributed by atoms with Crippen LogP contribution in [0.4, 0.5) is 18.9 Å². The van der Waals surface area contributed by atoms with Gasteiger partial charge in [0.1, 0.15) is 11.0 Å². The minimum absolute atomic E-state index is 0.0114. The van der Waals surface area contributed by atoms with Gasteiger partial charge in [-0.25, -0.2) is 0 Å². The van der Waals surface area contributed by atoms with E-state index >= 15 is 0 Å². The summed E-state index contributed by atoms with van der Waals surface area (Å²) in [5, 5.41) is 21.3. The van der Waals surface area contributed by atoms with Gasteiger partial charge < -0.3 is 15.7 Å². The van der Waals surface area contributed by atoms with E-state index in [1.54, 1.807) is 18.2 Å². The van der Waals surface area contributed by atoms with E-state index < -0.39 is 28.8 Å². The van der Waals surface area contributed by atoms with Gasteiger partial charge in [0.25, 0.3) is 0 Å². The van der Waals surface area contributed by atoms with Crippen LogP contribution in [-0.4, -0.2) is 33.6 Å². The zero-order chi connectivity index (χ0) is 22.6. The smallest absolute Gasteiger partial charge is 0.416 e. The molecule has 2 aromatic rings. The van der Waals surface area contributed by atoms with E-state index in [9.17, 15) is 27.9 Å². The molecule has 0 bridgehead atoms. The fraction of sp³-hybridized carbons (Fsp3) is 0.158. The molecule has 1 atom stereocenters. The second-order valence-corrected chi connectivity index (χ2v) is 7.85. The van der Waals surface area contributed by atoms with Gasteiger partial charge in [-0.2, -0.15) is 18.3 Å². The van der Waals surface area contributed by atoms with E-state index in [0.717, 1.165) is 30.0 Å². The van der Waals surface area contributed by atoms with Gasteiger partial charge in [0.2, 0.25) is 11.8 Å². The van der Waals surface area contributed by atoms with Crippen molar-refractivity contribution in [1.82, 2.24) is 5.32 Å². The first-order valence-electron chi connectivity index (χ1n) is 8.66. The molecule has 0 unspecified atom stereocenters. The van der Waals surface area contributed by atoms with Crippen LogP contribution in [0, 0.1) is 0 Å². The number of phenols is 1. The fourth-order valence-corrected chi connectivity index (χ4v) is 3.58. The maximum atomic E-state index is 12.8. The molecule has 2 amide bonds. The second kappa shape index (κ2) is 9.40. The lowest BCUT2D eigenvalue weighted by Crippen LogP contribution is -2.28. The molecule has 0 radical (unpaired) electrons. The molecule has 2 aromatic carbocycles. The van der Waals surface area contributed by atoms with Crippen LogP contribution < -0.4 is 10.6 Å². The number of benzene rings is 2. The molecule has 1 saturated heterocycles. The SMILES string of the molecule is O=C(C[C@H]1SC(=NN=Cc2ccccc2O)NC1=O)Nc1cc(C(F)(F)F)ccc1Cl. The maximum absolute atomic E-state index is 12.8. The molecule has 0 saturated carbocycles. The number of para-hydroxylation sites is 1. The van der Waals surface area contributed by atoms with Gasteiger partial charge in [-0.3, -0.25) is 9.59 Å². The molecule has 0 aromatic heterocycles. The average molecular weight is 471 g/mol. The molecule has 1 fully saturated rings. The molecule has 3 N–H and O–H groups in total. The van der Waals surface area contributed by atoms with Crippen LogP contribution >= 0.6 is 23.4 Å². The summed E-state index contributed by atoms with van der Waals surface area (Å²) in [6, 6.07) is 9.00. The Bertz CT molecular complexity index is 1080. The number of nitrogens with one attached hydrogen (secondary N) is 2. The number of phenolic OH excluding ortho intramolecular Hbond substituents is 1. The lowest BCUT2D eigenvalue weighted by atomic mass is 10.2. The van der Waals surface area contributed by atoms with Crippen LogP contribution in [0.1, 0.15) is 17.5 Å². The Labute approximate surface area is 183 Å². The number of carbonyl (C=O) groups excluding carboxylic acids is 2. The molecule has 31 heavy (non-hydrogen) atoms. The Morgan fingerprint density at radius 2 is 2.03 bits per heavy atom. The van der Waals surface area contributed by atoms with Crippen molar-refractivity contribution >= 4 is 52.2 Å². The van der Waals surface area contributed by atoms with Crippen LogP contribution in [0.5, 0.6) is 5.75 Å². The number of hydrogen-bond acceptors (Lipinski definition) is 6. The quantitative estimate of drug-likeness (QED) is 0.453. The number of alkyl halides is 3. The number of amidine groups is 1. The van der Waals surface area contributed by atoms with E-state index in [4.69, 9.17) is 11.6 Å². The lowest BCUT2D eigenvalue weighted by Gasteiger charge is -2.12. The minimum Gasteiger partial charge on any atom is -0.507 e. The van der Waals surface area contributed by atoms with Crippen molar-refractivity contribution in [2.24, 2.45) is 10.2 Å². The summed E-state index contributed by atoms with van der Waals surface area (Å²) in [7, 11) is 0. The van der Waals surface area contributed by atoms with Crippen molar-refractivity contribution in [3.8, 4) is 5.75 Å². The highest BCUT2D eigenvalue weighted by atomic mass is 35.5. The number of hydrogen-bond donors (Lipinski definition) is 3. The van der Waals surface area contributed by atoms with Crippen LogP contribution in [0.3, 0.4) is 0 Å². The largest absolute Gasteiger partial charge is 0.507 e. The Kier molecular flexibility index (Phi) is 6.86. The zero-order valence-corrected chi connectivity index (χ0v) is 17.1. The molecule has 3 rings (SSSR count). The predicted molar refractivity (Wildman–Crippen MR) is 112 cm³/mol. The van der Waals surface area contributed by atoms with E-state index in [1.807, 2.05) is 0 Å². The molecule has 0 aliphatic carbocycles. The second-order valence-electron chi connectivity index (χ2n) is 6.25. The number of carbonyl (C=O) groups is 2. The molecule has 7 nitrogen and oxygen atoms in total. The monoisotopic (exact) mass is 470 g/mol. The van der Waals surface area contributed by atoms with Gasteiger partial charge in [-0.15, -0.1) is 5.10 Å². The van der Waals surface area contributed by atoms with Crippen molar-refractivity contribution in [3.63, 3.8) is 0 Å². The number of aromatic hydroxyl groups is 1. The zero-order valence-electron chi connectivity index (χ0n) is 15.5. The van der Waals surface area contributed by atoms with E-state index in [1.165, 1.54) is 12.3 Å². The van der Waals surface area contributed by atoms with E-state index in [-0.39, 0.29) is 28.0 Å². The first-order chi connectivity index (χ1) is 14.6. The molecule has 12 heteroatoms. The van der Waals surface area contributed by atoms with E-state index in [0.29, 0.717) is 5.56 Å². The molecule has 1 heterocycles. The molecule has 162 valence electrons. The normalized spacial score (nSPS) is 17.9. The highest BCUT2D eigenvalue weighted by Crippen LogP contribution is 2.34. The number of nitrogens with zero attached hydrogens (tertiary/aromatic N) is 2. The topological polar surface area (TPSA) is 103 Å². The number of halogens is 4. The predicted octanol–water partition coefficient (Wildman–Crippen LogP) is 4.01. The van der Waals surface area contributed by atoms with E-state index in [2.05, 4.69) is 20.8 Å². The van der Waals surface area contributed by atoms with Crippen molar-refractivity contribution in [1.29, 1.82) is 0 Å². The third-order valence-electron chi connectivity index (χ3n) is 4.00. The number of thioether (sulfide) groups is 1.